The fraction of sp³-hybridized carbons (Fsp3) is 0.577. The zero-order valence-electron chi connectivity index (χ0n) is 19.9. The van der Waals surface area contributed by atoms with Crippen molar-refractivity contribution in [2.24, 2.45) is 5.92 Å². The van der Waals surface area contributed by atoms with Gasteiger partial charge in [-0.1, -0.05) is 19.3 Å². The number of aromatic nitrogens is 2. The van der Waals surface area contributed by atoms with Gasteiger partial charge in [0.2, 0.25) is 5.91 Å². The van der Waals surface area contributed by atoms with Gasteiger partial charge in [0.1, 0.15) is 24.8 Å². The molecule has 2 aromatic rings. The van der Waals surface area contributed by atoms with E-state index < -0.39 is 23.6 Å². The van der Waals surface area contributed by atoms with E-state index in [0.29, 0.717) is 10.9 Å². The number of likely N-dealkylation sites (tertiary alicyclic amines) is 1. The van der Waals surface area contributed by atoms with Crippen LogP contribution in [-0.2, 0) is 14.3 Å². The van der Waals surface area contributed by atoms with Crippen molar-refractivity contribution >= 4 is 40.5 Å². The molecule has 2 aliphatic carbocycles. The maximum absolute atomic E-state index is 13.8. The highest BCUT2D eigenvalue weighted by Crippen LogP contribution is 2.40. The van der Waals surface area contributed by atoms with Gasteiger partial charge in [0.05, 0.1) is 10.3 Å². The maximum atomic E-state index is 13.8. The van der Waals surface area contributed by atoms with Crippen LogP contribution in [0.4, 0.5) is 0 Å². The standard InChI is InChI=1S/C26H29ClN4O4S/c27-17-12-31(22-19(32)13-35-23(17)22)26(34)21(15-4-2-1-3-5-15)30-24(33)25-29-11-20(36-25)16-8-9-28-18(10-16)14-6-7-14/h8-11,14-15,17,21-23H,1-7,12-13H2,(H,30,33)/t17-,21?,22+,23+/m0/s1. The lowest BCUT2D eigenvalue weighted by Gasteiger charge is -2.34. The summed E-state index contributed by atoms with van der Waals surface area (Å²) in [5, 5.41) is 2.89. The number of halogens is 1. The molecule has 0 aromatic carbocycles. The van der Waals surface area contributed by atoms with Gasteiger partial charge in [0.15, 0.2) is 10.8 Å². The number of carbonyl (C=O) groups is 3. The Bertz CT molecular complexity index is 1180. The first kappa shape index (κ1) is 24.0. The minimum absolute atomic E-state index is 0.0150. The number of thiazole rings is 1. The number of carbonyl (C=O) groups excluding carboxylic acids is 3. The van der Waals surface area contributed by atoms with Gasteiger partial charge in [-0.25, -0.2) is 4.98 Å². The Labute approximate surface area is 218 Å². The molecule has 8 nitrogen and oxygen atoms in total. The number of Topliss-reactive ketones (excluding diaryl/α,β-unsaturated/α-hetero) is 1. The second kappa shape index (κ2) is 9.84. The summed E-state index contributed by atoms with van der Waals surface area (Å²) in [5.74, 6) is -0.178. The second-order valence-electron chi connectivity index (χ2n) is 10.3. The first-order valence-corrected chi connectivity index (χ1v) is 14.1. The van der Waals surface area contributed by atoms with Crippen LogP contribution in [0.2, 0.25) is 0 Å². The molecule has 4 atom stereocenters. The Morgan fingerprint density at radius 3 is 2.75 bits per heavy atom. The SMILES string of the molecule is O=C(NC(C(=O)N1C[C@H](Cl)[C@H]2OCC(=O)[C@H]21)C1CCCCC1)c1ncc(-c2ccnc(C3CC3)c2)s1. The van der Waals surface area contributed by atoms with Gasteiger partial charge in [-0.3, -0.25) is 19.4 Å². The van der Waals surface area contributed by atoms with Crippen LogP contribution in [0.25, 0.3) is 10.4 Å². The summed E-state index contributed by atoms with van der Waals surface area (Å²) in [5.41, 5.74) is 2.08. The van der Waals surface area contributed by atoms with Gasteiger partial charge in [-0.15, -0.1) is 22.9 Å². The van der Waals surface area contributed by atoms with Crippen LogP contribution in [-0.4, -0.2) is 69.2 Å². The third-order valence-corrected chi connectivity index (χ3v) is 9.27. The monoisotopic (exact) mass is 528 g/mol. The van der Waals surface area contributed by atoms with Gasteiger partial charge >= 0.3 is 0 Å². The second-order valence-corrected chi connectivity index (χ2v) is 11.9. The zero-order valence-corrected chi connectivity index (χ0v) is 21.5. The molecule has 1 N–H and O–H groups in total. The van der Waals surface area contributed by atoms with Crippen molar-refractivity contribution in [3.05, 3.63) is 35.2 Å². The number of pyridine rings is 1. The van der Waals surface area contributed by atoms with E-state index >= 15 is 0 Å². The van der Waals surface area contributed by atoms with E-state index in [2.05, 4.69) is 21.4 Å². The summed E-state index contributed by atoms with van der Waals surface area (Å²) in [7, 11) is 0. The quantitative estimate of drug-likeness (QED) is 0.575. The lowest BCUT2D eigenvalue weighted by molar-refractivity contribution is -0.139. The van der Waals surface area contributed by atoms with Crippen LogP contribution in [0, 0.1) is 5.92 Å². The molecular formula is C26H29ClN4O4S. The number of amides is 2. The highest BCUT2D eigenvalue weighted by atomic mass is 35.5. The van der Waals surface area contributed by atoms with Gasteiger partial charge in [-0.05, 0) is 49.3 Å². The van der Waals surface area contributed by atoms with Crippen molar-refractivity contribution in [1.29, 1.82) is 0 Å². The number of nitrogens with one attached hydrogen (secondary N) is 1. The maximum Gasteiger partial charge on any atom is 0.280 e. The van der Waals surface area contributed by atoms with Crippen molar-refractivity contribution < 1.29 is 19.1 Å². The van der Waals surface area contributed by atoms with Crippen LogP contribution in [0.1, 0.15) is 66.4 Å². The average Bonchev–Trinajstić information content (AvgIpc) is 3.35. The molecule has 2 aromatic heterocycles. The lowest BCUT2D eigenvalue weighted by Crippen LogP contribution is -2.55. The van der Waals surface area contributed by atoms with Crippen molar-refractivity contribution in [3.63, 3.8) is 0 Å². The molecule has 4 aliphatic rings. The number of alkyl halides is 1. The van der Waals surface area contributed by atoms with Crippen molar-refractivity contribution in [2.75, 3.05) is 13.2 Å². The summed E-state index contributed by atoms with van der Waals surface area (Å²) >= 11 is 7.75. The van der Waals surface area contributed by atoms with Crippen LogP contribution in [0.15, 0.2) is 24.5 Å². The number of hydrogen-bond donors (Lipinski definition) is 1. The minimum Gasteiger partial charge on any atom is -0.366 e. The molecule has 0 radical (unpaired) electrons. The first-order chi connectivity index (χ1) is 17.5. The van der Waals surface area contributed by atoms with Gasteiger partial charge in [-0.2, -0.15) is 0 Å². The highest BCUT2D eigenvalue weighted by Gasteiger charge is 2.53. The number of rotatable bonds is 6. The Morgan fingerprint density at radius 1 is 1.17 bits per heavy atom. The van der Waals surface area contributed by atoms with E-state index in [9.17, 15) is 14.4 Å². The molecule has 4 fully saturated rings. The molecule has 0 bridgehead atoms. The Balaban J connectivity index is 1.22. The summed E-state index contributed by atoms with van der Waals surface area (Å²) < 4.78 is 5.55. The molecule has 2 saturated carbocycles. The topological polar surface area (TPSA) is 101 Å². The highest BCUT2D eigenvalue weighted by molar-refractivity contribution is 7.17. The minimum atomic E-state index is -0.719. The Kier molecular flexibility index (Phi) is 6.56. The fourth-order valence-electron chi connectivity index (χ4n) is 5.77. The number of hydrogen-bond acceptors (Lipinski definition) is 7. The average molecular weight is 529 g/mol. The molecule has 10 heteroatoms. The number of fused-ring (bicyclic) bond motifs is 1. The molecule has 6 rings (SSSR count). The summed E-state index contributed by atoms with van der Waals surface area (Å²) in [4.78, 5) is 50.9. The first-order valence-electron chi connectivity index (χ1n) is 12.8. The molecule has 4 heterocycles. The largest absolute Gasteiger partial charge is 0.366 e. The van der Waals surface area contributed by atoms with Gasteiger partial charge in [0, 0.05) is 30.6 Å². The third kappa shape index (κ3) is 4.57. The number of ketones is 1. The van der Waals surface area contributed by atoms with Crippen LogP contribution < -0.4 is 5.32 Å². The molecule has 190 valence electrons. The van der Waals surface area contributed by atoms with E-state index in [1.54, 1.807) is 11.1 Å². The molecule has 36 heavy (non-hydrogen) atoms. The number of nitrogens with zero attached hydrogens (tertiary/aromatic N) is 3. The molecule has 2 aliphatic heterocycles. The smallest absolute Gasteiger partial charge is 0.280 e. The Hall–Kier alpha value is -2.36. The van der Waals surface area contributed by atoms with E-state index in [1.807, 2.05) is 12.3 Å². The number of ether oxygens (including phenoxy) is 1. The third-order valence-electron chi connectivity index (χ3n) is 7.84. The van der Waals surface area contributed by atoms with Gasteiger partial charge in [0.25, 0.3) is 5.91 Å². The summed E-state index contributed by atoms with van der Waals surface area (Å²) in [6.07, 6.45) is 10.3. The molecular weight excluding hydrogens is 500 g/mol. The van der Waals surface area contributed by atoms with Crippen LogP contribution >= 0.6 is 22.9 Å². The van der Waals surface area contributed by atoms with Crippen molar-refractivity contribution in [2.45, 2.75) is 74.4 Å². The van der Waals surface area contributed by atoms with Crippen LogP contribution in [0.3, 0.4) is 0 Å². The summed E-state index contributed by atoms with van der Waals surface area (Å²) in [6, 6.07) is 2.63. The fourth-order valence-corrected chi connectivity index (χ4v) is 6.95. The molecule has 2 amide bonds. The van der Waals surface area contributed by atoms with E-state index in [1.165, 1.54) is 24.2 Å². The zero-order chi connectivity index (χ0) is 24.8. The molecule has 1 unspecified atom stereocenters. The van der Waals surface area contributed by atoms with Crippen molar-refractivity contribution in [3.8, 4) is 10.4 Å². The van der Waals surface area contributed by atoms with E-state index in [4.69, 9.17) is 16.3 Å². The predicted molar refractivity (Wildman–Crippen MR) is 135 cm³/mol. The van der Waals surface area contributed by atoms with Crippen LogP contribution in [0.5, 0.6) is 0 Å². The predicted octanol–water partition coefficient (Wildman–Crippen LogP) is 3.55. The Morgan fingerprint density at radius 2 is 1.97 bits per heavy atom. The molecule has 0 spiro atoms. The van der Waals surface area contributed by atoms with Crippen molar-refractivity contribution in [1.82, 2.24) is 20.2 Å². The summed E-state index contributed by atoms with van der Waals surface area (Å²) in [6.45, 7) is 0.218. The normalized spacial score (nSPS) is 27.2. The van der Waals surface area contributed by atoms with Gasteiger partial charge < -0.3 is 15.0 Å². The van der Waals surface area contributed by atoms with E-state index in [0.717, 1.165) is 48.2 Å². The van der Waals surface area contributed by atoms with E-state index in [-0.39, 0.29) is 36.7 Å². The molecule has 2 saturated heterocycles. The lowest BCUT2D eigenvalue weighted by atomic mass is 9.83.